The van der Waals surface area contributed by atoms with Crippen LogP contribution in [0.1, 0.15) is 31.2 Å². The van der Waals surface area contributed by atoms with Gasteiger partial charge in [-0.15, -0.1) is 0 Å². The zero-order valence-corrected chi connectivity index (χ0v) is 10.9. The Morgan fingerprint density at radius 3 is 2.56 bits per heavy atom. The smallest absolute Gasteiger partial charge is 0.148 e. The van der Waals surface area contributed by atoms with Crippen LogP contribution in [-0.4, -0.2) is 27.7 Å². The maximum absolute atomic E-state index is 9.25. The summed E-state index contributed by atoms with van der Waals surface area (Å²) in [5.74, 6) is 8.25. The van der Waals surface area contributed by atoms with Crippen molar-refractivity contribution < 1.29 is 5.11 Å². The Labute approximate surface area is 107 Å². The topological polar surface area (TPSA) is 96.1 Å². The first-order valence-electron chi connectivity index (χ1n) is 6.40. The summed E-state index contributed by atoms with van der Waals surface area (Å²) in [4.78, 5) is 8.78. The van der Waals surface area contributed by atoms with E-state index in [1.54, 1.807) is 0 Å². The van der Waals surface area contributed by atoms with Crippen LogP contribution < -0.4 is 16.6 Å². The van der Waals surface area contributed by atoms with Gasteiger partial charge in [-0.05, 0) is 25.7 Å². The molecule has 1 heterocycles. The number of anilines is 2. The first-order valence-corrected chi connectivity index (χ1v) is 6.40. The normalized spacial score (nSPS) is 22.4. The van der Waals surface area contributed by atoms with Gasteiger partial charge in [0.15, 0.2) is 0 Å². The van der Waals surface area contributed by atoms with Gasteiger partial charge in [-0.3, -0.25) is 0 Å². The number of aliphatic hydroxyl groups excluding tert-OH is 1. The van der Waals surface area contributed by atoms with Crippen LogP contribution in [-0.2, 0) is 6.42 Å². The summed E-state index contributed by atoms with van der Waals surface area (Å²) < 4.78 is 0. The number of aromatic nitrogens is 2. The minimum absolute atomic E-state index is 0.115. The average molecular weight is 251 g/mol. The fourth-order valence-corrected chi connectivity index (χ4v) is 2.14. The molecule has 1 aliphatic rings. The van der Waals surface area contributed by atoms with Gasteiger partial charge in [0.05, 0.1) is 6.10 Å². The van der Waals surface area contributed by atoms with E-state index < -0.39 is 0 Å². The summed E-state index contributed by atoms with van der Waals surface area (Å²) in [7, 11) is 0. The Bertz CT molecular complexity index is 417. The van der Waals surface area contributed by atoms with Crippen molar-refractivity contribution in [2.45, 2.75) is 39.2 Å². The molecule has 0 spiro atoms. The van der Waals surface area contributed by atoms with Crippen molar-refractivity contribution in [3.05, 3.63) is 11.4 Å². The van der Waals surface area contributed by atoms with Crippen LogP contribution in [0.25, 0.3) is 0 Å². The van der Waals surface area contributed by atoms with Crippen LogP contribution in [0.2, 0.25) is 0 Å². The fraction of sp³-hybridized carbons (Fsp3) is 0.667. The van der Waals surface area contributed by atoms with E-state index >= 15 is 0 Å². The quantitative estimate of drug-likeness (QED) is 0.457. The van der Waals surface area contributed by atoms with Crippen LogP contribution in [0.3, 0.4) is 0 Å². The summed E-state index contributed by atoms with van der Waals surface area (Å²) in [5, 5.41) is 12.6. The van der Waals surface area contributed by atoms with Gasteiger partial charge in [-0.1, -0.05) is 6.92 Å². The number of nitrogen functional groups attached to an aromatic ring is 1. The number of rotatable bonds is 5. The van der Waals surface area contributed by atoms with Crippen molar-refractivity contribution in [1.29, 1.82) is 0 Å². The number of nitrogens with one attached hydrogen (secondary N) is 2. The Morgan fingerprint density at radius 1 is 1.33 bits per heavy atom. The van der Waals surface area contributed by atoms with Gasteiger partial charge in [-0.2, -0.15) is 0 Å². The van der Waals surface area contributed by atoms with Gasteiger partial charge in [-0.25, -0.2) is 15.8 Å². The lowest BCUT2D eigenvalue weighted by atomic mass is 9.82. The third-order valence-electron chi connectivity index (χ3n) is 3.41. The molecule has 5 N–H and O–H groups in total. The third-order valence-corrected chi connectivity index (χ3v) is 3.41. The Kier molecular flexibility index (Phi) is 3.98. The third kappa shape index (κ3) is 2.70. The van der Waals surface area contributed by atoms with Crippen LogP contribution in [0.5, 0.6) is 0 Å². The van der Waals surface area contributed by atoms with Crippen LogP contribution in [0, 0.1) is 12.8 Å². The van der Waals surface area contributed by atoms with Crippen molar-refractivity contribution in [2.24, 2.45) is 11.8 Å². The summed E-state index contributed by atoms with van der Waals surface area (Å²) in [5.41, 5.74) is 3.53. The average Bonchev–Trinajstić information content (AvgIpc) is 2.34. The molecule has 2 rings (SSSR count). The number of hydrogen-bond donors (Lipinski definition) is 4. The number of hydrogen-bond acceptors (Lipinski definition) is 6. The molecule has 6 heteroatoms. The van der Waals surface area contributed by atoms with E-state index in [1.165, 1.54) is 0 Å². The molecule has 1 aliphatic carbocycles. The first kappa shape index (κ1) is 13.0. The van der Waals surface area contributed by atoms with Gasteiger partial charge in [0.1, 0.15) is 17.5 Å². The van der Waals surface area contributed by atoms with Crippen molar-refractivity contribution >= 4 is 11.6 Å². The van der Waals surface area contributed by atoms with Crippen molar-refractivity contribution in [3.63, 3.8) is 0 Å². The summed E-state index contributed by atoms with van der Waals surface area (Å²) in [6.07, 6.45) is 2.40. The molecular weight excluding hydrogens is 230 g/mol. The highest BCUT2D eigenvalue weighted by molar-refractivity contribution is 5.56. The molecule has 18 heavy (non-hydrogen) atoms. The molecule has 100 valence electrons. The fourth-order valence-electron chi connectivity index (χ4n) is 2.14. The van der Waals surface area contributed by atoms with Crippen LogP contribution in [0.15, 0.2) is 0 Å². The second-order valence-electron chi connectivity index (χ2n) is 4.83. The maximum Gasteiger partial charge on any atom is 0.148 e. The van der Waals surface area contributed by atoms with Gasteiger partial charge < -0.3 is 15.8 Å². The minimum Gasteiger partial charge on any atom is -0.393 e. The van der Waals surface area contributed by atoms with Gasteiger partial charge in [0.2, 0.25) is 0 Å². The maximum atomic E-state index is 9.25. The number of aryl methyl sites for hydroxylation is 1. The highest BCUT2D eigenvalue weighted by Gasteiger charge is 2.27. The second-order valence-corrected chi connectivity index (χ2v) is 4.83. The lowest BCUT2D eigenvalue weighted by Gasteiger charge is -2.31. The SMILES string of the molecule is CCc1nc(NN)c(C)c(NCC2CC(O)C2)n1. The Morgan fingerprint density at radius 2 is 2.00 bits per heavy atom. The molecule has 1 fully saturated rings. The zero-order chi connectivity index (χ0) is 13.1. The van der Waals surface area contributed by atoms with E-state index in [-0.39, 0.29) is 6.10 Å². The van der Waals surface area contributed by atoms with Crippen molar-refractivity contribution in [2.75, 3.05) is 17.3 Å². The number of hydrazine groups is 1. The molecule has 1 aromatic rings. The zero-order valence-electron chi connectivity index (χ0n) is 10.9. The van der Waals surface area contributed by atoms with Gasteiger partial charge in [0, 0.05) is 18.5 Å². The minimum atomic E-state index is -0.115. The largest absolute Gasteiger partial charge is 0.393 e. The Balaban J connectivity index is 2.06. The summed E-state index contributed by atoms with van der Waals surface area (Å²) in [6.45, 7) is 4.78. The molecule has 0 aromatic carbocycles. The van der Waals surface area contributed by atoms with E-state index in [4.69, 9.17) is 5.84 Å². The Hall–Kier alpha value is -1.40. The molecule has 1 saturated carbocycles. The number of nitrogens with zero attached hydrogens (tertiary/aromatic N) is 2. The highest BCUT2D eigenvalue weighted by atomic mass is 16.3. The highest BCUT2D eigenvalue weighted by Crippen LogP contribution is 2.28. The lowest BCUT2D eigenvalue weighted by molar-refractivity contribution is 0.0486. The van der Waals surface area contributed by atoms with Crippen molar-refractivity contribution in [1.82, 2.24) is 9.97 Å². The predicted octanol–water partition coefficient (Wildman–Crippen LogP) is 0.816. The van der Waals surface area contributed by atoms with Crippen molar-refractivity contribution in [3.8, 4) is 0 Å². The number of aliphatic hydroxyl groups is 1. The molecule has 0 atom stereocenters. The van der Waals surface area contributed by atoms with Crippen LogP contribution in [0.4, 0.5) is 11.6 Å². The van der Waals surface area contributed by atoms with Gasteiger partial charge >= 0.3 is 0 Å². The molecular formula is C12H21N5O. The summed E-state index contributed by atoms with van der Waals surface area (Å²) >= 11 is 0. The molecule has 0 amide bonds. The van der Waals surface area contributed by atoms with E-state index in [2.05, 4.69) is 20.7 Å². The van der Waals surface area contributed by atoms with E-state index in [1.807, 2.05) is 13.8 Å². The molecule has 0 radical (unpaired) electrons. The lowest BCUT2D eigenvalue weighted by Crippen LogP contribution is -2.33. The molecule has 0 unspecified atom stereocenters. The number of nitrogens with two attached hydrogens (primary N) is 1. The van der Waals surface area contributed by atoms with E-state index in [9.17, 15) is 5.11 Å². The molecule has 0 aliphatic heterocycles. The van der Waals surface area contributed by atoms with Gasteiger partial charge in [0.25, 0.3) is 0 Å². The summed E-state index contributed by atoms with van der Waals surface area (Å²) in [6, 6.07) is 0. The molecule has 6 nitrogen and oxygen atoms in total. The van der Waals surface area contributed by atoms with E-state index in [0.717, 1.165) is 43.0 Å². The monoisotopic (exact) mass is 251 g/mol. The molecule has 0 saturated heterocycles. The second kappa shape index (κ2) is 5.49. The predicted molar refractivity (Wildman–Crippen MR) is 71.2 cm³/mol. The molecule has 1 aromatic heterocycles. The standard InChI is InChI=1S/C12H21N5O/c1-3-10-15-11(7(2)12(16-10)17-13)14-6-8-4-9(18)5-8/h8-9,18H,3-6,13H2,1-2H3,(H2,14,15,16,17). The van der Waals surface area contributed by atoms with Crippen LogP contribution >= 0.6 is 0 Å². The van der Waals surface area contributed by atoms with E-state index in [0.29, 0.717) is 11.7 Å². The molecule has 0 bridgehead atoms. The first-order chi connectivity index (χ1) is 8.63.